The number of rotatable bonds is 7. The number of aromatic nitrogens is 2. The summed E-state index contributed by atoms with van der Waals surface area (Å²) >= 11 is 0. The molecule has 1 aromatic carbocycles. The summed E-state index contributed by atoms with van der Waals surface area (Å²) in [6.07, 6.45) is 1.74. The van der Waals surface area contributed by atoms with Crippen LogP contribution in [-0.4, -0.2) is 33.4 Å². The maximum absolute atomic E-state index is 11.8. The van der Waals surface area contributed by atoms with Gasteiger partial charge < -0.3 is 15.2 Å². The maximum atomic E-state index is 11.8. The summed E-state index contributed by atoms with van der Waals surface area (Å²) in [6, 6.07) is 8.49. The van der Waals surface area contributed by atoms with Crippen LogP contribution in [-0.2, 0) is 11.3 Å². The fourth-order valence-corrected chi connectivity index (χ4v) is 1.84. The number of hydrogen-bond donors (Lipinski definition) is 2. The van der Waals surface area contributed by atoms with Crippen LogP contribution in [0.25, 0.3) is 0 Å². The molecule has 1 aromatic heterocycles. The van der Waals surface area contributed by atoms with Gasteiger partial charge in [-0.15, -0.1) is 0 Å². The molecule has 0 aliphatic rings. The van der Waals surface area contributed by atoms with Crippen molar-refractivity contribution in [1.29, 1.82) is 0 Å². The van der Waals surface area contributed by atoms with E-state index in [0.29, 0.717) is 18.8 Å². The summed E-state index contributed by atoms with van der Waals surface area (Å²) in [5.41, 5.74) is 0.645. The molecule has 2 aromatic rings. The maximum Gasteiger partial charge on any atom is 0.356 e. The van der Waals surface area contributed by atoms with E-state index in [1.165, 1.54) is 16.9 Å². The number of amides is 1. The van der Waals surface area contributed by atoms with E-state index in [0.717, 1.165) is 5.75 Å². The minimum absolute atomic E-state index is 0.0353. The normalized spacial score (nSPS) is 10.2. The van der Waals surface area contributed by atoms with Crippen LogP contribution < -0.4 is 10.1 Å². The van der Waals surface area contributed by atoms with Gasteiger partial charge in [-0.2, -0.15) is 5.10 Å². The second-order valence-electron chi connectivity index (χ2n) is 4.52. The molecule has 0 spiro atoms. The smallest absolute Gasteiger partial charge is 0.356 e. The minimum atomic E-state index is -1.09. The highest BCUT2D eigenvalue weighted by Crippen LogP contribution is 2.15. The predicted octanol–water partition coefficient (Wildman–Crippen LogP) is 2.01. The van der Waals surface area contributed by atoms with Crippen molar-refractivity contribution in [2.24, 2.45) is 0 Å². The molecular weight excluding hydrogens is 286 g/mol. The van der Waals surface area contributed by atoms with Crippen molar-refractivity contribution in [1.82, 2.24) is 9.78 Å². The standard InChI is InChI=1S/C15H17N3O4/c1-2-22-12-5-3-11(4-6-12)16-14(19)8-10-18-9-7-13(17-18)15(20)21/h3-7,9H,2,8,10H2,1H3,(H,16,19)(H,20,21). The summed E-state index contributed by atoms with van der Waals surface area (Å²) < 4.78 is 6.75. The van der Waals surface area contributed by atoms with Gasteiger partial charge in [0.25, 0.3) is 0 Å². The Hall–Kier alpha value is -2.83. The van der Waals surface area contributed by atoms with Gasteiger partial charge in [0, 0.05) is 24.8 Å². The second-order valence-corrected chi connectivity index (χ2v) is 4.52. The first-order valence-corrected chi connectivity index (χ1v) is 6.88. The van der Waals surface area contributed by atoms with Crippen molar-refractivity contribution in [3.8, 4) is 5.75 Å². The van der Waals surface area contributed by atoms with Gasteiger partial charge in [-0.25, -0.2) is 4.79 Å². The molecule has 2 rings (SSSR count). The molecule has 116 valence electrons. The van der Waals surface area contributed by atoms with E-state index in [-0.39, 0.29) is 18.0 Å². The van der Waals surface area contributed by atoms with E-state index in [1.807, 2.05) is 6.92 Å². The quantitative estimate of drug-likeness (QED) is 0.816. The fourth-order valence-electron chi connectivity index (χ4n) is 1.84. The number of carboxylic acids is 1. The van der Waals surface area contributed by atoms with E-state index in [2.05, 4.69) is 10.4 Å². The van der Waals surface area contributed by atoms with Gasteiger partial charge in [-0.1, -0.05) is 0 Å². The Balaban J connectivity index is 1.83. The second kappa shape index (κ2) is 7.26. The van der Waals surface area contributed by atoms with Crippen molar-refractivity contribution in [2.75, 3.05) is 11.9 Å². The molecule has 0 radical (unpaired) electrons. The zero-order valence-corrected chi connectivity index (χ0v) is 12.2. The number of aromatic carboxylic acids is 1. The van der Waals surface area contributed by atoms with Crippen molar-refractivity contribution >= 4 is 17.6 Å². The summed E-state index contributed by atoms with van der Waals surface area (Å²) in [7, 11) is 0. The number of anilines is 1. The molecule has 7 nitrogen and oxygen atoms in total. The molecule has 2 N–H and O–H groups in total. The summed E-state index contributed by atoms with van der Waals surface area (Å²) in [5, 5.41) is 15.4. The zero-order valence-electron chi connectivity index (χ0n) is 12.2. The lowest BCUT2D eigenvalue weighted by atomic mass is 10.3. The summed E-state index contributed by atoms with van der Waals surface area (Å²) in [5.74, 6) is -0.507. The third-order valence-electron chi connectivity index (χ3n) is 2.88. The molecule has 22 heavy (non-hydrogen) atoms. The van der Waals surface area contributed by atoms with E-state index in [1.54, 1.807) is 24.3 Å². The van der Waals surface area contributed by atoms with E-state index < -0.39 is 5.97 Å². The number of hydrogen-bond acceptors (Lipinski definition) is 4. The molecule has 0 saturated carbocycles. The summed E-state index contributed by atoms with van der Waals surface area (Å²) in [6.45, 7) is 2.81. The topological polar surface area (TPSA) is 93.5 Å². The van der Waals surface area contributed by atoms with E-state index in [4.69, 9.17) is 9.84 Å². The highest BCUT2D eigenvalue weighted by Gasteiger charge is 2.08. The molecular formula is C15H17N3O4. The Kier molecular flexibility index (Phi) is 5.13. The lowest BCUT2D eigenvalue weighted by Crippen LogP contribution is -2.15. The Labute approximate surface area is 127 Å². The molecule has 1 heterocycles. The molecule has 7 heteroatoms. The lowest BCUT2D eigenvalue weighted by molar-refractivity contribution is -0.116. The Bertz CT molecular complexity index is 649. The first-order chi connectivity index (χ1) is 10.6. The average molecular weight is 303 g/mol. The molecule has 0 aliphatic heterocycles. The fraction of sp³-hybridized carbons (Fsp3) is 0.267. The number of benzene rings is 1. The number of carbonyl (C=O) groups excluding carboxylic acids is 1. The number of ether oxygens (including phenoxy) is 1. The largest absolute Gasteiger partial charge is 0.494 e. The van der Waals surface area contributed by atoms with Crippen LogP contribution in [0, 0.1) is 0 Å². The third kappa shape index (κ3) is 4.34. The van der Waals surface area contributed by atoms with Crippen LogP contribution in [0.3, 0.4) is 0 Å². The SMILES string of the molecule is CCOc1ccc(NC(=O)CCn2ccc(C(=O)O)n2)cc1. The molecule has 0 unspecified atom stereocenters. The van der Waals surface area contributed by atoms with Gasteiger partial charge in [0.05, 0.1) is 6.61 Å². The molecule has 1 amide bonds. The number of carbonyl (C=O) groups is 2. The number of nitrogens with zero attached hydrogens (tertiary/aromatic N) is 2. The van der Waals surface area contributed by atoms with Crippen LogP contribution in [0.5, 0.6) is 5.75 Å². The number of carboxylic acid groups (broad SMARTS) is 1. The van der Waals surface area contributed by atoms with Crippen LogP contribution >= 0.6 is 0 Å². The van der Waals surface area contributed by atoms with Crippen molar-refractivity contribution in [2.45, 2.75) is 19.9 Å². The molecule has 0 saturated heterocycles. The monoisotopic (exact) mass is 303 g/mol. The van der Waals surface area contributed by atoms with Gasteiger partial charge in [0.2, 0.25) is 5.91 Å². The Morgan fingerprint density at radius 3 is 2.59 bits per heavy atom. The van der Waals surface area contributed by atoms with Crippen LogP contribution in [0.1, 0.15) is 23.8 Å². The molecule has 0 aliphatic carbocycles. The molecule has 0 bridgehead atoms. The van der Waals surface area contributed by atoms with Crippen molar-refractivity contribution < 1.29 is 19.4 Å². The van der Waals surface area contributed by atoms with Gasteiger partial charge in [-0.3, -0.25) is 9.48 Å². The van der Waals surface area contributed by atoms with E-state index in [9.17, 15) is 9.59 Å². The van der Waals surface area contributed by atoms with Gasteiger partial charge in [0.15, 0.2) is 5.69 Å². The first kappa shape index (κ1) is 15.6. The molecule has 0 atom stereocenters. The average Bonchev–Trinajstić information content (AvgIpc) is 2.97. The highest BCUT2D eigenvalue weighted by molar-refractivity contribution is 5.90. The van der Waals surface area contributed by atoms with Gasteiger partial charge in [0.1, 0.15) is 5.75 Å². The Morgan fingerprint density at radius 1 is 1.27 bits per heavy atom. The predicted molar refractivity (Wildman–Crippen MR) is 80.0 cm³/mol. The zero-order chi connectivity index (χ0) is 15.9. The van der Waals surface area contributed by atoms with Crippen LogP contribution in [0.4, 0.5) is 5.69 Å². The number of aryl methyl sites for hydroxylation is 1. The number of nitrogens with one attached hydrogen (secondary N) is 1. The molecule has 0 fully saturated rings. The lowest BCUT2D eigenvalue weighted by Gasteiger charge is -2.07. The van der Waals surface area contributed by atoms with Gasteiger partial charge >= 0.3 is 5.97 Å². The van der Waals surface area contributed by atoms with Crippen molar-refractivity contribution in [3.05, 3.63) is 42.2 Å². The first-order valence-electron chi connectivity index (χ1n) is 6.88. The minimum Gasteiger partial charge on any atom is -0.494 e. The van der Waals surface area contributed by atoms with Crippen LogP contribution in [0.2, 0.25) is 0 Å². The van der Waals surface area contributed by atoms with E-state index >= 15 is 0 Å². The van der Waals surface area contributed by atoms with Crippen molar-refractivity contribution in [3.63, 3.8) is 0 Å². The Morgan fingerprint density at radius 2 is 2.00 bits per heavy atom. The highest BCUT2D eigenvalue weighted by atomic mass is 16.5. The third-order valence-corrected chi connectivity index (χ3v) is 2.88. The summed E-state index contributed by atoms with van der Waals surface area (Å²) in [4.78, 5) is 22.5. The van der Waals surface area contributed by atoms with Gasteiger partial charge in [-0.05, 0) is 37.3 Å². The van der Waals surface area contributed by atoms with Crippen LogP contribution in [0.15, 0.2) is 36.5 Å².